The molecule has 9 heteroatoms. The largest absolute Gasteiger partial charge is 0.416 e. The number of benzene rings is 1. The van der Waals surface area contributed by atoms with Gasteiger partial charge in [0, 0.05) is 12.1 Å². The highest BCUT2D eigenvalue weighted by Crippen LogP contribution is 2.29. The van der Waals surface area contributed by atoms with Crippen molar-refractivity contribution in [1.29, 1.82) is 0 Å². The van der Waals surface area contributed by atoms with E-state index in [0.29, 0.717) is 16.2 Å². The van der Waals surface area contributed by atoms with E-state index >= 15 is 0 Å². The summed E-state index contributed by atoms with van der Waals surface area (Å²) in [7, 11) is 0. The number of hydrogen-bond donors (Lipinski definition) is 1. The maximum absolute atomic E-state index is 12.8. The van der Waals surface area contributed by atoms with Crippen molar-refractivity contribution in [3.63, 3.8) is 0 Å². The Labute approximate surface area is 133 Å². The molecule has 2 aromatic rings. The lowest BCUT2D eigenvalue weighted by Gasteiger charge is -2.33. The number of aryl methyl sites for hydroxylation is 1. The molecule has 1 atom stereocenters. The molecule has 1 aromatic carbocycles. The summed E-state index contributed by atoms with van der Waals surface area (Å²) in [6.45, 7) is 1.29. The number of hydrogen-bond acceptors (Lipinski definition) is 5. The first-order chi connectivity index (χ1) is 10.8. The number of halogens is 3. The van der Waals surface area contributed by atoms with Crippen LogP contribution in [-0.4, -0.2) is 47.8 Å². The number of rotatable bonds is 1. The second-order valence-corrected chi connectivity index (χ2v) is 6.41. The first-order valence-electron chi connectivity index (χ1n) is 6.90. The fourth-order valence-electron chi connectivity index (χ4n) is 2.55. The third-order valence-electron chi connectivity index (χ3n) is 3.67. The zero-order chi connectivity index (χ0) is 16.8. The minimum atomic E-state index is -4.48. The number of thiazole rings is 1. The van der Waals surface area contributed by atoms with E-state index in [1.54, 1.807) is 19.1 Å². The van der Waals surface area contributed by atoms with E-state index in [1.807, 2.05) is 0 Å². The average molecular weight is 345 g/mol. The van der Waals surface area contributed by atoms with Crippen molar-refractivity contribution in [2.75, 3.05) is 25.4 Å². The molecule has 1 fully saturated rings. The molecule has 1 saturated heterocycles. The maximum Gasteiger partial charge on any atom is 0.416 e. The number of carbonyl (C=O) groups excluding carboxylic acids is 1. The molecule has 3 rings (SSSR count). The minimum Gasteiger partial charge on any atom is -0.375 e. The molecule has 0 unspecified atom stereocenters. The summed E-state index contributed by atoms with van der Waals surface area (Å²) in [5, 5.41) is 0.385. The van der Waals surface area contributed by atoms with Gasteiger partial charge in [-0.25, -0.2) is 4.98 Å². The standard InChI is InChI=1S/C14H14F3N3O2S/c1-7-4-8(5-9-11(7)19-13(18)23-9)12(21)20-2-3-22-10(6-20)14(15,16)17/h4-5,10H,2-3,6H2,1H3,(H2,18,19)/t10-/m0/s1. The zero-order valence-corrected chi connectivity index (χ0v) is 13.0. The van der Waals surface area contributed by atoms with Gasteiger partial charge in [0.25, 0.3) is 5.91 Å². The summed E-state index contributed by atoms with van der Waals surface area (Å²) < 4.78 is 43.8. The highest BCUT2D eigenvalue weighted by molar-refractivity contribution is 7.22. The van der Waals surface area contributed by atoms with Gasteiger partial charge in [0.15, 0.2) is 11.2 Å². The van der Waals surface area contributed by atoms with Crippen molar-refractivity contribution in [1.82, 2.24) is 9.88 Å². The number of ether oxygens (including phenoxy) is 1. The van der Waals surface area contributed by atoms with Gasteiger partial charge in [0.05, 0.1) is 23.4 Å². The molecule has 1 aromatic heterocycles. The van der Waals surface area contributed by atoms with Crippen LogP contribution in [0.3, 0.4) is 0 Å². The number of nitrogen functional groups attached to an aromatic ring is 1. The highest BCUT2D eigenvalue weighted by Gasteiger charge is 2.44. The predicted molar refractivity (Wildman–Crippen MR) is 80.5 cm³/mol. The van der Waals surface area contributed by atoms with Gasteiger partial charge in [-0.3, -0.25) is 4.79 Å². The number of carbonyl (C=O) groups is 1. The fraction of sp³-hybridized carbons (Fsp3) is 0.429. The number of fused-ring (bicyclic) bond motifs is 1. The third-order valence-corrected chi connectivity index (χ3v) is 4.50. The zero-order valence-electron chi connectivity index (χ0n) is 12.2. The summed E-state index contributed by atoms with van der Waals surface area (Å²) in [5.41, 5.74) is 7.47. The van der Waals surface area contributed by atoms with Gasteiger partial charge in [-0.05, 0) is 24.6 Å². The van der Waals surface area contributed by atoms with Crippen LogP contribution in [0.25, 0.3) is 10.2 Å². The number of nitrogens with two attached hydrogens (primary N) is 1. The maximum atomic E-state index is 12.8. The molecule has 1 amide bonds. The number of morpholine rings is 1. The van der Waals surface area contributed by atoms with Gasteiger partial charge in [-0.15, -0.1) is 0 Å². The Morgan fingerprint density at radius 1 is 1.48 bits per heavy atom. The number of amides is 1. The van der Waals surface area contributed by atoms with Crippen LogP contribution >= 0.6 is 11.3 Å². The number of alkyl halides is 3. The van der Waals surface area contributed by atoms with Crippen LogP contribution in [0, 0.1) is 6.92 Å². The molecule has 5 nitrogen and oxygen atoms in total. The smallest absolute Gasteiger partial charge is 0.375 e. The van der Waals surface area contributed by atoms with Crippen LogP contribution < -0.4 is 5.73 Å². The topological polar surface area (TPSA) is 68.5 Å². The lowest BCUT2D eigenvalue weighted by Crippen LogP contribution is -2.51. The molecule has 2 N–H and O–H groups in total. The van der Waals surface area contributed by atoms with Crippen LogP contribution in [0.4, 0.5) is 18.3 Å². The lowest BCUT2D eigenvalue weighted by atomic mass is 10.1. The molecule has 0 bridgehead atoms. The Kier molecular flexibility index (Phi) is 3.93. The Balaban J connectivity index is 1.88. The molecule has 2 heterocycles. The second kappa shape index (κ2) is 5.64. The van der Waals surface area contributed by atoms with Crippen LogP contribution in [0.2, 0.25) is 0 Å². The van der Waals surface area contributed by atoms with Crippen LogP contribution in [-0.2, 0) is 4.74 Å². The Hall–Kier alpha value is -1.87. The molecule has 0 spiro atoms. The second-order valence-electron chi connectivity index (χ2n) is 5.34. The van der Waals surface area contributed by atoms with Crippen LogP contribution in [0.5, 0.6) is 0 Å². The molecule has 1 aliphatic rings. The van der Waals surface area contributed by atoms with Crippen LogP contribution in [0.15, 0.2) is 12.1 Å². The van der Waals surface area contributed by atoms with Gasteiger partial charge >= 0.3 is 6.18 Å². The third kappa shape index (κ3) is 3.11. The van der Waals surface area contributed by atoms with Gasteiger partial charge in [-0.2, -0.15) is 13.2 Å². The molecular weight excluding hydrogens is 331 g/mol. The first-order valence-corrected chi connectivity index (χ1v) is 7.71. The summed E-state index contributed by atoms with van der Waals surface area (Å²) >= 11 is 1.24. The van der Waals surface area contributed by atoms with Gasteiger partial charge in [0.2, 0.25) is 0 Å². The average Bonchev–Trinajstić information content (AvgIpc) is 2.87. The van der Waals surface area contributed by atoms with E-state index in [0.717, 1.165) is 10.3 Å². The lowest BCUT2D eigenvalue weighted by molar-refractivity contribution is -0.233. The quantitative estimate of drug-likeness (QED) is 0.863. The van der Waals surface area contributed by atoms with E-state index in [9.17, 15) is 18.0 Å². The summed E-state index contributed by atoms with van der Waals surface area (Å²) in [6, 6.07) is 3.25. The molecule has 0 aliphatic carbocycles. The summed E-state index contributed by atoms with van der Waals surface area (Å²) in [6.07, 6.45) is -6.42. The van der Waals surface area contributed by atoms with E-state index in [1.165, 1.54) is 16.2 Å². The Morgan fingerprint density at radius 2 is 2.22 bits per heavy atom. The highest BCUT2D eigenvalue weighted by atomic mass is 32.1. The van der Waals surface area contributed by atoms with E-state index < -0.39 is 24.7 Å². The van der Waals surface area contributed by atoms with Gasteiger partial charge < -0.3 is 15.4 Å². The van der Waals surface area contributed by atoms with Crippen molar-refractivity contribution in [3.8, 4) is 0 Å². The molecular formula is C14H14F3N3O2S. The van der Waals surface area contributed by atoms with E-state index in [4.69, 9.17) is 10.5 Å². The number of nitrogens with zero attached hydrogens (tertiary/aromatic N) is 2. The summed E-state index contributed by atoms with van der Waals surface area (Å²) in [4.78, 5) is 17.9. The molecule has 0 saturated carbocycles. The van der Waals surface area contributed by atoms with Crippen LogP contribution in [0.1, 0.15) is 15.9 Å². The summed E-state index contributed by atoms with van der Waals surface area (Å²) in [5.74, 6) is -0.445. The van der Waals surface area contributed by atoms with Gasteiger partial charge in [0.1, 0.15) is 0 Å². The van der Waals surface area contributed by atoms with Crippen molar-refractivity contribution < 1.29 is 22.7 Å². The molecule has 1 aliphatic heterocycles. The SMILES string of the molecule is Cc1cc(C(=O)N2CCO[C@H](C(F)(F)F)C2)cc2sc(N)nc12. The number of anilines is 1. The number of aromatic nitrogens is 1. The van der Waals surface area contributed by atoms with Crippen molar-refractivity contribution in [2.24, 2.45) is 0 Å². The van der Waals surface area contributed by atoms with Gasteiger partial charge in [-0.1, -0.05) is 11.3 Å². The minimum absolute atomic E-state index is 0.132. The predicted octanol–water partition coefficient (Wildman–Crippen LogP) is 2.59. The van der Waals surface area contributed by atoms with E-state index in [2.05, 4.69) is 4.98 Å². The molecule has 124 valence electrons. The van der Waals surface area contributed by atoms with Crippen molar-refractivity contribution in [3.05, 3.63) is 23.3 Å². The molecule has 0 radical (unpaired) electrons. The first kappa shape index (κ1) is 16.0. The normalized spacial score (nSPS) is 19.3. The Bertz CT molecular complexity index is 760. The van der Waals surface area contributed by atoms with Crippen molar-refractivity contribution in [2.45, 2.75) is 19.2 Å². The van der Waals surface area contributed by atoms with E-state index in [-0.39, 0.29) is 13.2 Å². The fourth-order valence-corrected chi connectivity index (χ4v) is 3.40. The molecule has 23 heavy (non-hydrogen) atoms. The monoisotopic (exact) mass is 345 g/mol. The Morgan fingerprint density at radius 3 is 2.91 bits per heavy atom. The van der Waals surface area contributed by atoms with Crippen molar-refractivity contribution >= 4 is 32.6 Å².